The summed E-state index contributed by atoms with van der Waals surface area (Å²) >= 11 is 0. The molecule has 0 atom stereocenters. The van der Waals surface area contributed by atoms with E-state index in [-0.39, 0.29) is 5.54 Å². The molecule has 1 N–H and O–H groups in total. The molecule has 2 heterocycles. The zero-order valence-corrected chi connectivity index (χ0v) is 10.8. The number of aliphatic hydroxyl groups is 1. The van der Waals surface area contributed by atoms with Gasteiger partial charge < -0.3 is 9.84 Å². The van der Waals surface area contributed by atoms with Crippen LogP contribution in [-0.2, 0) is 4.74 Å². The van der Waals surface area contributed by atoms with E-state index < -0.39 is 0 Å². The van der Waals surface area contributed by atoms with E-state index in [1.165, 1.54) is 58.0 Å². The summed E-state index contributed by atoms with van der Waals surface area (Å²) in [7, 11) is 0. The highest BCUT2D eigenvalue weighted by Crippen LogP contribution is 2.46. The third kappa shape index (κ3) is 2.02. The van der Waals surface area contributed by atoms with E-state index in [0.29, 0.717) is 12.0 Å². The van der Waals surface area contributed by atoms with Crippen LogP contribution >= 0.6 is 0 Å². The van der Waals surface area contributed by atoms with Gasteiger partial charge in [0.25, 0.3) is 0 Å². The van der Waals surface area contributed by atoms with Crippen molar-refractivity contribution in [1.29, 1.82) is 0 Å². The summed E-state index contributed by atoms with van der Waals surface area (Å²) < 4.78 is 5.46. The topological polar surface area (TPSA) is 32.7 Å². The molecule has 17 heavy (non-hydrogen) atoms. The number of hydrogen-bond acceptors (Lipinski definition) is 3. The summed E-state index contributed by atoms with van der Waals surface area (Å²) in [6.07, 6.45) is 8.82. The molecule has 3 rings (SSSR count). The van der Waals surface area contributed by atoms with Crippen molar-refractivity contribution in [2.75, 3.05) is 32.9 Å². The van der Waals surface area contributed by atoms with Crippen LogP contribution in [0.2, 0.25) is 0 Å². The lowest BCUT2D eigenvalue weighted by Gasteiger charge is -2.60. The number of aliphatic hydroxyl groups excluding tert-OH is 1. The lowest BCUT2D eigenvalue weighted by atomic mass is 9.68. The standard InChI is InChI=1S/C14H25NO2/c16-12-14(4-2-1-3-5-14)15-10-13(11-15)6-8-17-9-7-13/h16H,1-12H2. The van der Waals surface area contributed by atoms with E-state index in [0.717, 1.165) is 13.2 Å². The SMILES string of the molecule is OCC1(N2CC3(CCOCC3)C2)CCCCC1. The van der Waals surface area contributed by atoms with Gasteiger partial charge in [-0.3, -0.25) is 4.90 Å². The molecule has 0 aromatic rings. The van der Waals surface area contributed by atoms with Gasteiger partial charge >= 0.3 is 0 Å². The number of hydrogen-bond donors (Lipinski definition) is 1. The molecule has 1 aliphatic carbocycles. The van der Waals surface area contributed by atoms with Crippen LogP contribution in [0.3, 0.4) is 0 Å². The molecule has 3 fully saturated rings. The minimum Gasteiger partial charge on any atom is -0.394 e. The molecule has 0 aromatic heterocycles. The van der Waals surface area contributed by atoms with E-state index in [1.807, 2.05) is 0 Å². The molecule has 3 heteroatoms. The fourth-order valence-corrected chi connectivity index (χ4v) is 4.00. The van der Waals surface area contributed by atoms with Crippen molar-refractivity contribution in [1.82, 2.24) is 4.90 Å². The van der Waals surface area contributed by atoms with Gasteiger partial charge in [-0.05, 0) is 25.7 Å². The van der Waals surface area contributed by atoms with E-state index in [4.69, 9.17) is 4.74 Å². The summed E-state index contributed by atoms with van der Waals surface area (Å²) in [6.45, 7) is 4.66. The fourth-order valence-electron chi connectivity index (χ4n) is 4.00. The molecule has 0 bridgehead atoms. The maximum Gasteiger partial charge on any atom is 0.0615 e. The highest BCUT2D eigenvalue weighted by Gasteiger charge is 2.51. The number of rotatable bonds is 2. The Bertz CT molecular complexity index is 259. The maximum atomic E-state index is 9.80. The smallest absolute Gasteiger partial charge is 0.0615 e. The van der Waals surface area contributed by atoms with Crippen LogP contribution in [0.25, 0.3) is 0 Å². The second-order valence-corrected chi connectivity index (χ2v) is 6.41. The molecule has 0 aromatic carbocycles. The fraction of sp³-hybridized carbons (Fsp3) is 1.00. The zero-order valence-electron chi connectivity index (χ0n) is 10.8. The Hall–Kier alpha value is -0.120. The van der Waals surface area contributed by atoms with Gasteiger partial charge in [-0.25, -0.2) is 0 Å². The first-order valence-electron chi connectivity index (χ1n) is 7.22. The minimum atomic E-state index is 0.141. The quantitative estimate of drug-likeness (QED) is 0.797. The maximum absolute atomic E-state index is 9.80. The van der Waals surface area contributed by atoms with E-state index >= 15 is 0 Å². The lowest BCUT2D eigenvalue weighted by molar-refractivity contribution is -0.145. The second-order valence-electron chi connectivity index (χ2n) is 6.41. The molecule has 3 aliphatic rings. The van der Waals surface area contributed by atoms with E-state index in [9.17, 15) is 5.11 Å². The van der Waals surface area contributed by atoms with Gasteiger partial charge in [-0.2, -0.15) is 0 Å². The normalized spacial score (nSPS) is 32.3. The molecule has 2 saturated heterocycles. The minimum absolute atomic E-state index is 0.141. The molecule has 1 saturated carbocycles. The number of ether oxygens (including phenoxy) is 1. The van der Waals surface area contributed by atoms with Crippen LogP contribution in [0.5, 0.6) is 0 Å². The Kier molecular flexibility index (Phi) is 3.18. The van der Waals surface area contributed by atoms with Gasteiger partial charge in [0.15, 0.2) is 0 Å². The van der Waals surface area contributed by atoms with Crippen molar-refractivity contribution >= 4 is 0 Å². The molecule has 1 spiro atoms. The Morgan fingerprint density at radius 2 is 1.59 bits per heavy atom. The monoisotopic (exact) mass is 239 g/mol. The average Bonchev–Trinajstić information content (AvgIpc) is 2.38. The molecule has 2 aliphatic heterocycles. The van der Waals surface area contributed by atoms with Crippen LogP contribution in [0.15, 0.2) is 0 Å². The van der Waals surface area contributed by atoms with Gasteiger partial charge in [0.05, 0.1) is 6.61 Å². The molecule has 98 valence electrons. The van der Waals surface area contributed by atoms with Crippen molar-refractivity contribution in [3.8, 4) is 0 Å². The summed E-state index contributed by atoms with van der Waals surface area (Å²) in [4.78, 5) is 2.58. The van der Waals surface area contributed by atoms with Gasteiger partial charge in [0.2, 0.25) is 0 Å². The first-order valence-corrected chi connectivity index (χ1v) is 7.22. The predicted molar refractivity (Wildman–Crippen MR) is 67.0 cm³/mol. The van der Waals surface area contributed by atoms with Crippen LogP contribution in [-0.4, -0.2) is 48.5 Å². The molecular formula is C14H25NO2. The van der Waals surface area contributed by atoms with Crippen LogP contribution in [0.4, 0.5) is 0 Å². The number of likely N-dealkylation sites (tertiary alicyclic amines) is 1. The highest BCUT2D eigenvalue weighted by molar-refractivity contribution is 5.05. The van der Waals surface area contributed by atoms with Crippen LogP contribution < -0.4 is 0 Å². The molecule has 3 nitrogen and oxygen atoms in total. The third-order valence-electron chi connectivity index (χ3n) is 5.36. The lowest BCUT2D eigenvalue weighted by Crippen LogP contribution is -2.68. The third-order valence-corrected chi connectivity index (χ3v) is 5.36. The molecule has 0 unspecified atom stereocenters. The Morgan fingerprint density at radius 3 is 2.18 bits per heavy atom. The summed E-state index contributed by atoms with van der Waals surface area (Å²) in [5, 5.41) is 9.80. The van der Waals surface area contributed by atoms with E-state index in [1.54, 1.807) is 0 Å². The second kappa shape index (κ2) is 4.52. The van der Waals surface area contributed by atoms with Crippen molar-refractivity contribution < 1.29 is 9.84 Å². The Balaban J connectivity index is 1.62. The molecule has 0 radical (unpaired) electrons. The van der Waals surface area contributed by atoms with Crippen molar-refractivity contribution in [2.45, 2.75) is 50.5 Å². The largest absolute Gasteiger partial charge is 0.394 e. The first-order chi connectivity index (χ1) is 8.29. The summed E-state index contributed by atoms with van der Waals surface area (Å²) in [6, 6.07) is 0. The van der Waals surface area contributed by atoms with Crippen LogP contribution in [0, 0.1) is 5.41 Å². The van der Waals surface area contributed by atoms with Crippen molar-refractivity contribution in [3.05, 3.63) is 0 Å². The number of nitrogens with zero attached hydrogens (tertiary/aromatic N) is 1. The first kappa shape index (κ1) is 11.9. The molecular weight excluding hydrogens is 214 g/mol. The van der Waals surface area contributed by atoms with Gasteiger partial charge in [0.1, 0.15) is 0 Å². The van der Waals surface area contributed by atoms with Gasteiger partial charge in [-0.15, -0.1) is 0 Å². The summed E-state index contributed by atoms with van der Waals surface area (Å²) in [5.74, 6) is 0. The summed E-state index contributed by atoms with van der Waals surface area (Å²) in [5.41, 5.74) is 0.680. The zero-order chi connectivity index (χ0) is 11.8. The molecule has 0 amide bonds. The van der Waals surface area contributed by atoms with Crippen molar-refractivity contribution in [3.63, 3.8) is 0 Å². The van der Waals surface area contributed by atoms with Crippen molar-refractivity contribution in [2.24, 2.45) is 5.41 Å². The Morgan fingerprint density at radius 1 is 0.941 bits per heavy atom. The van der Waals surface area contributed by atoms with Crippen LogP contribution in [0.1, 0.15) is 44.9 Å². The van der Waals surface area contributed by atoms with Gasteiger partial charge in [-0.1, -0.05) is 19.3 Å². The predicted octanol–water partition coefficient (Wildman–Crippen LogP) is 1.79. The van der Waals surface area contributed by atoms with E-state index in [2.05, 4.69) is 4.90 Å². The average molecular weight is 239 g/mol. The highest BCUT2D eigenvalue weighted by atomic mass is 16.5. The Labute approximate surface area is 104 Å². The van der Waals surface area contributed by atoms with Gasteiger partial charge in [0, 0.05) is 37.3 Å².